The number of hydrogen-bond donors (Lipinski definition) is 1. The van der Waals surface area contributed by atoms with Gasteiger partial charge in [-0.1, -0.05) is 17.7 Å². The molecule has 0 amide bonds. The van der Waals surface area contributed by atoms with E-state index in [-0.39, 0.29) is 24.4 Å². The molecular weight excluding hydrogens is 876 g/mol. The first kappa shape index (κ1) is 51.3. The van der Waals surface area contributed by atoms with Crippen LogP contribution in [0.4, 0.5) is 11.6 Å². The molecule has 2 aliphatic rings. The van der Waals surface area contributed by atoms with Gasteiger partial charge in [0.1, 0.15) is 23.9 Å². The highest BCUT2D eigenvalue weighted by Gasteiger charge is 2.32. The summed E-state index contributed by atoms with van der Waals surface area (Å²) in [5, 5.41) is 20.1. The third-order valence-corrected chi connectivity index (χ3v) is 11.3. The smallest absolute Gasteiger partial charge is 0.256 e. The summed E-state index contributed by atoms with van der Waals surface area (Å²) in [5.41, 5.74) is 2.36. The largest absolute Gasteiger partial charge is 0.487 e. The molecule has 2 fully saturated rings. The van der Waals surface area contributed by atoms with Crippen LogP contribution in [-0.4, -0.2) is 182 Å². The summed E-state index contributed by atoms with van der Waals surface area (Å²) in [5.74, 6) is 1.46. The van der Waals surface area contributed by atoms with Gasteiger partial charge in [-0.25, -0.2) is 14.6 Å². The quantitative estimate of drug-likeness (QED) is 0.0619. The molecule has 366 valence electrons. The molecule has 4 heterocycles. The van der Waals surface area contributed by atoms with Gasteiger partial charge in [0.05, 0.1) is 122 Å². The zero-order valence-electron chi connectivity index (χ0n) is 39.0. The van der Waals surface area contributed by atoms with Gasteiger partial charge in [0.2, 0.25) is 5.95 Å². The molecule has 21 heteroatoms. The van der Waals surface area contributed by atoms with Crippen LogP contribution < -0.4 is 14.8 Å². The Labute approximate surface area is 393 Å². The molecule has 3 atom stereocenters. The molecule has 0 spiro atoms. The number of aromatic nitrogens is 8. The van der Waals surface area contributed by atoms with Gasteiger partial charge < -0.3 is 52.7 Å². The third-order valence-electron chi connectivity index (χ3n) is 11.0. The first-order valence-electron chi connectivity index (χ1n) is 23.2. The predicted molar refractivity (Wildman–Crippen MR) is 246 cm³/mol. The van der Waals surface area contributed by atoms with Crippen molar-refractivity contribution in [1.82, 2.24) is 44.9 Å². The number of morpholine rings is 1. The molecule has 1 aliphatic carbocycles. The highest BCUT2D eigenvalue weighted by molar-refractivity contribution is 6.32. The summed E-state index contributed by atoms with van der Waals surface area (Å²) in [4.78, 5) is 11.9. The Hall–Kier alpha value is -4.09. The maximum atomic E-state index is 6.51. The molecule has 1 saturated heterocycles. The number of ether oxygens (including phenoxy) is 10. The van der Waals surface area contributed by atoms with Crippen molar-refractivity contribution in [3.05, 3.63) is 48.1 Å². The number of halogens is 1. The fourth-order valence-corrected chi connectivity index (χ4v) is 8.01. The molecule has 0 unspecified atom stereocenters. The predicted octanol–water partition coefficient (Wildman–Crippen LogP) is 5.30. The Kier molecular flexibility index (Phi) is 22.5. The van der Waals surface area contributed by atoms with Crippen LogP contribution in [0.2, 0.25) is 5.02 Å². The van der Waals surface area contributed by atoms with E-state index in [1.807, 2.05) is 29.9 Å². The summed E-state index contributed by atoms with van der Waals surface area (Å²) >= 11 is 6.51. The number of tetrazole rings is 1. The van der Waals surface area contributed by atoms with Crippen molar-refractivity contribution >= 4 is 23.2 Å². The van der Waals surface area contributed by atoms with E-state index in [2.05, 4.69) is 49.6 Å². The van der Waals surface area contributed by atoms with Gasteiger partial charge in [0.15, 0.2) is 0 Å². The average Bonchev–Trinajstić information content (AvgIpc) is 3.98. The number of nitrogens with zero attached hydrogens (tertiary/aromatic N) is 9. The van der Waals surface area contributed by atoms with Crippen LogP contribution >= 0.6 is 11.6 Å². The Morgan fingerprint density at radius 2 is 1.35 bits per heavy atom. The monoisotopic (exact) mass is 944 g/mol. The first-order valence-corrected chi connectivity index (χ1v) is 23.6. The molecule has 20 nitrogen and oxygen atoms in total. The van der Waals surface area contributed by atoms with Crippen molar-refractivity contribution in [3.63, 3.8) is 0 Å². The van der Waals surface area contributed by atoms with Gasteiger partial charge >= 0.3 is 0 Å². The summed E-state index contributed by atoms with van der Waals surface area (Å²) in [7, 11) is 1.65. The van der Waals surface area contributed by atoms with Crippen molar-refractivity contribution in [3.8, 4) is 22.8 Å². The molecule has 66 heavy (non-hydrogen) atoms. The summed E-state index contributed by atoms with van der Waals surface area (Å²) in [6.45, 7) is 15.8. The van der Waals surface area contributed by atoms with E-state index in [1.54, 1.807) is 36.6 Å². The molecule has 1 aromatic carbocycles. The second-order valence-electron chi connectivity index (χ2n) is 16.4. The van der Waals surface area contributed by atoms with Gasteiger partial charge in [0, 0.05) is 57.2 Å². The first-order chi connectivity index (χ1) is 32.3. The number of nitrogens with one attached hydrogen (secondary N) is 1. The summed E-state index contributed by atoms with van der Waals surface area (Å²) < 4.78 is 60.4. The third kappa shape index (κ3) is 17.9. The van der Waals surface area contributed by atoms with E-state index in [0.29, 0.717) is 140 Å². The lowest BCUT2D eigenvalue weighted by molar-refractivity contribution is -0.0852. The molecule has 6 rings (SSSR count). The Morgan fingerprint density at radius 1 is 0.758 bits per heavy atom. The van der Waals surface area contributed by atoms with Crippen LogP contribution in [0, 0.1) is 0 Å². The second kappa shape index (κ2) is 28.9. The highest BCUT2D eigenvalue weighted by atomic mass is 35.5. The second-order valence-corrected chi connectivity index (χ2v) is 16.8. The molecular formula is C45H69ClN10O10. The molecule has 1 aliphatic heterocycles. The fraction of sp³-hybridized carbons (Fsp3) is 0.689. The van der Waals surface area contributed by atoms with E-state index in [4.69, 9.17) is 64.1 Å². The standard InChI is InChI=1S/C45H69ClN10O10/c1-34-29-54(30-35(2)65-34)39-7-9-40(10-8-39)56-32-42(50-45-47-27-38(28-48-45)37-6-11-41(46)43(26-37)66-36(3)31-55-33-49-52-53-55)44(51-56)64-13-5-12-58-16-17-60-20-21-62-24-25-63-23-22-61-19-18-59-15-14-57-4/h6,11,26-28,32-36,39-40H,5,7-10,12-25,29-31H2,1-4H3,(H,47,48,50)/t34-,35+,36-,39?,40?/m0/s1. The van der Waals surface area contributed by atoms with Crippen LogP contribution in [0.25, 0.3) is 11.1 Å². The van der Waals surface area contributed by atoms with Crippen LogP contribution in [0.3, 0.4) is 0 Å². The lowest BCUT2D eigenvalue weighted by atomic mass is 9.89. The van der Waals surface area contributed by atoms with Gasteiger partial charge in [-0.3, -0.25) is 9.58 Å². The Balaban J connectivity index is 0.925. The van der Waals surface area contributed by atoms with E-state index in [0.717, 1.165) is 49.9 Å². The summed E-state index contributed by atoms with van der Waals surface area (Å²) in [6, 6.07) is 6.40. The van der Waals surface area contributed by atoms with Gasteiger partial charge in [-0.05, 0) is 74.6 Å². The van der Waals surface area contributed by atoms with Gasteiger partial charge in [0.25, 0.3) is 5.88 Å². The van der Waals surface area contributed by atoms with Crippen molar-refractivity contribution in [1.29, 1.82) is 0 Å². The minimum atomic E-state index is -0.226. The zero-order chi connectivity index (χ0) is 46.2. The van der Waals surface area contributed by atoms with E-state index < -0.39 is 0 Å². The molecule has 0 radical (unpaired) electrons. The van der Waals surface area contributed by atoms with Crippen LogP contribution in [0.5, 0.6) is 11.6 Å². The number of rotatable bonds is 32. The van der Waals surface area contributed by atoms with Crippen LogP contribution in [-0.2, 0) is 44.4 Å². The number of anilines is 2. The molecule has 0 bridgehead atoms. The van der Waals surface area contributed by atoms with Crippen molar-refractivity contribution in [2.45, 2.75) is 89.8 Å². The van der Waals surface area contributed by atoms with Crippen molar-refractivity contribution in [2.75, 3.05) is 118 Å². The topological polar surface area (TPSA) is 195 Å². The number of hydrogen-bond acceptors (Lipinski definition) is 18. The van der Waals surface area contributed by atoms with E-state index >= 15 is 0 Å². The SMILES string of the molecule is COCCOCCOCCOCCOCCOCCOCCCOc1nn(C2CCC(N3C[C@@H](C)O[C@@H](C)C3)CC2)cc1Nc1ncc(-c2ccc(Cl)c(O[C@@H](C)Cn3cnnn3)c2)cn1. The number of benzene rings is 1. The molecule has 4 aromatic rings. The van der Waals surface area contributed by atoms with Gasteiger partial charge in [-0.2, -0.15) is 0 Å². The summed E-state index contributed by atoms with van der Waals surface area (Å²) in [6.07, 6.45) is 12.3. The van der Waals surface area contributed by atoms with Crippen molar-refractivity contribution in [2.24, 2.45) is 0 Å². The lowest BCUT2D eigenvalue weighted by Gasteiger charge is -2.42. The molecule has 1 saturated carbocycles. The van der Waals surface area contributed by atoms with Crippen molar-refractivity contribution < 1.29 is 47.4 Å². The van der Waals surface area contributed by atoms with E-state index in [1.165, 1.54) is 0 Å². The Bertz CT molecular complexity index is 1900. The fourth-order valence-electron chi connectivity index (χ4n) is 7.85. The minimum Gasteiger partial charge on any atom is -0.487 e. The average molecular weight is 946 g/mol. The normalized spacial score (nSPS) is 19.5. The number of methoxy groups -OCH3 is 1. The highest BCUT2D eigenvalue weighted by Crippen LogP contribution is 2.36. The molecule has 1 N–H and O–H groups in total. The van der Waals surface area contributed by atoms with E-state index in [9.17, 15) is 0 Å². The van der Waals surface area contributed by atoms with Gasteiger partial charge in [-0.15, -0.1) is 10.2 Å². The maximum Gasteiger partial charge on any atom is 0.256 e. The maximum absolute atomic E-state index is 6.51. The molecule has 3 aromatic heterocycles. The Morgan fingerprint density at radius 3 is 1.94 bits per heavy atom. The lowest BCUT2D eigenvalue weighted by Crippen LogP contribution is -2.51. The minimum absolute atomic E-state index is 0.226. The zero-order valence-corrected chi connectivity index (χ0v) is 39.7. The van der Waals surface area contributed by atoms with Crippen LogP contribution in [0.15, 0.2) is 43.1 Å². The van der Waals surface area contributed by atoms with Crippen LogP contribution in [0.1, 0.15) is 58.9 Å².